The Bertz CT molecular complexity index is 654. The first-order chi connectivity index (χ1) is 7.98. The van der Waals surface area contributed by atoms with Gasteiger partial charge < -0.3 is 5.73 Å². The van der Waals surface area contributed by atoms with Crippen molar-refractivity contribution in [2.75, 3.05) is 12.0 Å². The van der Waals surface area contributed by atoms with E-state index in [0.29, 0.717) is 16.1 Å². The van der Waals surface area contributed by atoms with Crippen molar-refractivity contribution in [3.05, 3.63) is 48.5 Å². The lowest BCUT2D eigenvalue weighted by atomic mass is 10.1. The highest BCUT2D eigenvalue weighted by Crippen LogP contribution is 2.28. The third kappa shape index (κ3) is 3.03. The first-order valence-electron chi connectivity index (χ1n) is 5.13. The van der Waals surface area contributed by atoms with Crippen molar-refractivity contribution in [1.29, 1.82) is 0 Å². The maximum absolute atomic E-state index is 11.7. The number of halogens is 1. The van der Waals surface area contributed by atoms with E-state index in [4.69, 9.17) is 5.73 Å². The van der Waals surface area contributed by atoms with Gasteiger partial charge in [-0.05, 0) is 23.8 Å². The molecule has 18 heavy (non-hydrogen) atoms. The summed E-state index contributed by atoms with van der Waals surface area (Å²) in [4.78, 5) is 0.325. The van der Waals surface area contributed by atoms with Crippen LogP contribution in [-0.2, 0) is 9.84 Å². The lowest BCUT2D eigenvalue weighted by Crippen LogP contribution is -1.99. The van der Waals surface area contributed by atoms with Crippen molar-refractivity contribution in [3.63, 3.8) is 0 Å². The zero-order chi connectivity index (χ0) is 12.5. The lowest BCUT2D eigenvalue weighted by Gasteiger charge is -2.08. The molecule has 0 saturated carbocycles. The van der Waals surface area contributed by atoms with Crippen LogP contribution in [0, 0.1) is 0 Å². The summed E-state index contributed by atoms with van der Waals surface area (Å²) in [6, 6.07) is 14.1. The smallest absolute Gasteiger partial charge is 0.176 e. The number of hydrogen-bond acceptors (Lipinski definition) is 3. The van der Waals surface area contributed by atoms with E-state index in [-0.39, 0.29) is 12.4 Å². The normalized spacial score (nSPS) is 10.7. The summed E-state index contributed by atoms with van der Waals surface area (Å²) >= 11 is 0. The zero-order valence-electron chi connectivity index (χ0n) is 9.83. The van der Waals surface area contributed by atoms with Crippen LogP contribution in [0.1, 0.15) is 0 Å². The summed E-state index contributed by atoms with van der Waals surface area (Å²) in [6.07, 6.45) is 1.21. The highest BCUT2D eigenvalue weighted by atomic mass is 35.5. The minimum Gasteiger partial charge on any atom is -0.399 e. The average molecular weight is 284 g/mol. The molecule has 0 amide bonds. The van der Waals surface area contributed by atoms with Gasteiger partial charge in [0, 0.05) is 17.5 Å². The Balaban J connectivity index is 0.00000162. The number of benzene rings is 2. The number of nitrogen functional groups attached to an aromatic ring is 1. The Morgan fingerprint density at radius 3 is 2.28 bits per heavy atom. The second kappa shape index (κ2) is 5.42. The Labute approximate surface area is 113 Å². The molecular formula is C13H14ClNO2S. The Kier molecular flexibility index (Phi) is 4.38. The van der Waals surface area contributed by atoms with E-state index in [2.05, 4.69) is 0 Å². The van der Waals surface area contributed by atoms with Crippen molar-refractivity contribution >= 4 is 27.9 Å². The van der Waals surface area contributed by atoms with Gasteiger partial charge in [-0.25, -0.2) is 8.42 Å². The van der Waals surface area contributed by atoms with Gasteiger partial charge in [-0.1, -0.05) is 30.3 Å². The highest BCUT2D eigenvalue weighted by Gasteiger charge is 2.13. The van der Waals surface area contributed by atoms with E-state index in [0.717, 1.165) is 5.56 Å². The summed E-state index contributed by atoms with van der Waals surface area (Å²) in [6.45, 7) is 0. The van der Waals surface area contributed by atoms with Gasteiger partial charge >= 0.3 is 0 Å². The first kappa shape index (κ1) is 14.5. The van der Waals surface area contributed by atoms with Crippen LogP contribution in [0.5, 0.6) is 0 Å². The Morgan fingerprint density at radius 1 is 1.00 bits per heavy atom. The van der Waals surface area contributed by atoms with Crippen molar-refractivity contribution in [2.24, 2.45) is 0 Å². The molecule has 2 rings (SSSR count). The number of hydrogen-bond donors (Lipinski definition) is 1. The summed E-state index contributed by atoms with van der Waals surface area (Å²) in [5.74, 6) is 0. The van der Waals surface area contributed by atoms with Gasteiger partial charge in [-0.2, -0.15) is 0 Å². The molecule has 2 aromatic carbocycles. The number of anilines is 1. The lowest BCUT2D eigenvalue weighted by molar-refractivity contribution is 0.602. The topological polar surface area (TPSA) is 60.2 Å². The van der Waals surface area contributed by atoms with Crippen LogP contribution in [-0.4, -0.2) is 14.7 Å². The molecule has 2 aromatic rings. The fourth-order valence-corrected chi connectivity index (χ4v) is 2.65. The number of sulfone groups is 1. The molecule has 0 heterocycles. The maximum Gasteiger partial charge on any atom is 0.176 e. The minimum absolute atomic E-state index is 0. The zero-order valence-corrected chi connectivity index (χ0v) is 11.5. The van der Waals surface area contributed by atoms with Gasteiger partial charge in [0.25, 0.3) is 0 Å². The highest BCUT2D eigenvalue weighted by molar-refractivity contribution is 7.90. The molecule has 0 saturated heterocycles. The first-order valence-corrected chi connectivity index (χ1v) is 7.02. The van der Waals surface area contributed by atoms with Gasteiger partial charge in [-0.3, -0.25) is 0 Å². The number of nitrogens with two attached hydrogens (primary N) is 1. The number of rotatable bonds is 2. The molecule has 0 spiro atoms. The Morgan fingerprint density at radius 2 is 1.67 bits per heavy atom. The molecule has 5 heteroatoms. The van der Waals surface area contributed by atoms with Crippen molar-refractivity contribution < 1.29 is 8.42 Å². The molecule has 3 nitrogen and oxygen atoms in total. The maximum atomic E-state index is 11.7. The van der Waals surface area contributed by atoms with E-state index in [1.54, 1.807) is 30.3 Å². The van der Waals surface area contributed by atoms with E-state index in [1.807, 2.05) is 18.2 Å². The largest absolute Gasteiger partial charge is 0.399 e. The fraction of sp³-hybridized carbons (Fsp3) is 0.0769. The molecule has 0 aliphatic carbocycles. The van der Waals surface area contributed by atoms with E-state index in [9.17, 15) is 8.42 Å². The van der Waals surface area contributed by atoms with E-state index in [1.165, 1.54) is 6.26 Å². The molecule has 0 aliphatic rings. The fourth-order valence-electron chi connectivity index (χ4n) is 1.73. The van der Waals surface area contributed by atoms with Gasteiger partial charge in [0.2, 0.25) is 0 Å². The SMILES string of the molecule is CS(=O)(=O)c1ccccc1-c1cccc(N)c1.Cl. The van der Waals surface area contributed by atoms with Crippen LogP contribution >= 0.6 is 12.4 Å². The third-order valence-corrected chi connectivity index (χ3v) is 3.64. The second-order valence-corrected chi connectivity index (χ2v) is 5.88. The van der Waals surface area contributed by atoms with E-state index >= 15 is 0 Å². The standard InChI is InChI=1S/C13H13NO2S.ClH/c1-17(15,16)13-8-3-2-7-12(13)10-5-4-6-11(14)9-10;/h2-9H,14H2,1H3;1H. The Hall–Kier alpha value is -1.52. The second-order valence-electron chi connectivity index (χ2n) is 3.89. The summed E-state index contributed by atoms with van der Waals surface area (Å²) in [5, 5.41) is 0. The molecule has 0 aliphatic heterocycles. The van der Waals surface area contributed by atoms with Crippen LogP contribution in [0.15, 0.2) is 53.4 Å². The van der Waals surface area contributed by atoms with Crippen LogP contribution in [0.3, 0.4) is 0 Å². The molecule has 2 N–H and O–H groups in total. The summed E-state index contributed by atoms with van der Waals surface area (Å²) in [5.41, 5.74) is 7.82. The van der Waals surface area contributed by atoms with Crippen molar-refractivity contribution in [3.8, 4) is 11.1 Å². The monoisotopic (exact) mass is 283 g/mol. The van der Waals surface area contributed by atoms with Crippen molar-refractivity contribution in [2.45, 2.75) is 4.90 Å². The van der Waals surface area contributed by atoms with Gasteiger partial charge in [-0.15, -0.1) is 12.4 Å². The van der Waals surface area contributed by atoms with Crippen LogP contribution in [0.25, 0.3) is 11.1 Å². The molecule has 0 aromatic heterocycles. The van der Waals surface area contributed by atoms with Gasteiger partial charge in [0.05, 0.1) is 4.90 Å². The van der Waals surface area contributed by atoms with Crippen LogP contribution in [0.2, 0.25) is 0 Å². The van der Waals surface area contributed by atoms with E-state index < -0.39 is 9.84 Å². The summed E-state index contributed by atoms with van der Waals surface area (Å²) in [7, 11) is -3.24. The predicted octanol–water partition coefficient (Wildman–Crippen LogP) is 2.76. The molecule has 0 unspecified atom stereocenters. The quantitative estimate of drug-likeness (QED) is 0.862. The molecule has 0 fully saturated rings. The summed E-state index contributed by atoms with van der Waals surface area (Å²) < 4.78 is 23.4. The molecule has 0 bridgehead atoms. The third-order valence-electron chi connectivity index (χ3n) is 2.48. The van der Waals surface area contributed by atoms with Crippen LogP contribution < -0.4 is 5.73 Å². The molecule has 0 atom stereocenters. The van der Waals surface area contributed by atoms with Crippen LogP contribution in [0.4, 0.5) is 5.69 Å². The average Bonchev–Trinajstić information content (AvgIpc) is 2.28. The van der Waals surface area contributed by atoms with Gasteiger partial charge in [0.1, 0.15) is 0 Å². The van der Waals surface area contributed by atoms with Crippen molar-refractivity contribution in [1.82, 2.24) is 0 Å². The predicted molar refractivity (Wildman–Crippen MR) is 76.6 cm³/mol. The molecular weight excluding hydrogens is 270 g/mol. The minimum atomic E-state index is -3.24. The van der Waals surface area contributed by atoms with Gasteiger partial charge in [0.15, 0.2) is 9.84 Å². The molecule has 0 radical (unpaired) electrons. The molecule has 96 valence electrons.